The third-order valence-electron chi connectivity index (χ3n) is 4.59. The largest absolute Gasteiger partial charge is 0.488 e. The predicted octanol–water partition coefficient (Wildman–Crippen LogP) is 7.03. The first-order valence-corrected chi connectivity index (χ1v) is 11.9. The SMILES string of the molecule is O=C1S/C(=C/c2ccc(OCc3ccccc3)c(Br)c2)C(=O)N1Cc1cccc(Br)c1. The lowest BCUT2D eigenvalue weighted by atomic mass is 10.2. The number of carbonyl (C=O) groups excluding carboxylic acids is 2. The molecule has 0 atom stereocenters. The summed E-state index contributed by atoms with van der Waals surface area (Å²) in [6, 6.07) is 23.1. The van der Waals surface area contributed by atoms with E-state index in [0.717, 1.165) is 37.4 Å². The van der Waals surface area contributed by atoms with E-state index >= 15 is 0 Å². The number of rotatable bonds is 6. The summed E-state index contributed by atoms with van der Waals surface area (Å²) < 4.78 is 7.57. The minimum Gasteiger partial charge on any atom is -0.488 e. The minimum atomic E-state index is -0.282. The molecule has 0 spiro atoms. The Labute approximate surface area is 201 Å². The number of thioether (sulfide) groups is 1. The Morgan fingerprint density at radius 2 is 1.68 bits per heavy atom. The van der Waals surface area contributed by atoms with Crippen molar-refractivity contribution < 1.29 is 14.3 Å². The molecule has 0 saturated carbocycles. The molecule has 4 rings (SSSR count). The van der Waals surface area contributed by atoms with E-state index in [-0.39, 0.29) is 17.7 Å². The van der Waals surface area contributed by atoms with Crippen molar-refractivity contribution in [3.63, 3.8) is 0 Å². The number of hydrogen-bond acceptors (Lipinski definition) is 4. The van der Waals surface area contributed by atoms with E-state index in [1.54, 1.807) is 6.08 Å². The molecule has 4 nitrogen and oxygen atoms in total. The van der Waals surface area contributed by atoms with Crippen molar-refractivity contribution in [3.8, 4) is 5.75 Å². The van der Waals surface area contributed by atoms with Crippen LogP contribution in [0, 0.1) is 0 Å². The number of ether oxygens (including phenoxy) is 1. The molecule has 3 aromatic carbocycles. The Morgan fingerprint density at radius 3 is 2.42 bits per heavy atom. The van der Waals surface area contributed by atoms with Crippen molar-refractivity contribution in [2.75, 3.05) is 0 Å². The predicted molar refractivity (Wildman–Crippen MR) is 131 cm³/mol. The highest BCUT2D eigenvalue weighted by atomic mass is 79.9. The Hall–Kier alpha value is -2.35. The van der Waals surface area contributed by atoms with Gasteiger partial charge in [-0.2, -0.15) is 0 Å². The van der Waals surface area contributed by atoms with Gasteiger partial charge >= 0.3 is 0 Å². The first kappa shape index (κ1) is 21.9. The zero-order chi connectivity index (χ0) is 21.8. The third-order valence-corrected chi connectivity index (χ3v) is 6.61. The van der Waals surface area contributed by atoms with Crippen molar-refractivity contribution in [1.29, 1.82) is 0 Å². The second kappa shape index (κ2) is 9.85. The van der Waals surface area contributed by atoms with Gasteiger partial charge < -0.3 is 4.74 Å². The molecule has 0 radical (unpaired) electrons. The summed E-state index contributed by atoms with van der Waals surface area (Å²) in [6.45, 7) is 0.713. The van der Waals surface area contributed by atoms with Gasteiger partial charge in [0.25, 0.3) is 11.1 Å². The maximum atomic E-state index is 12.8. The molecule has 31 heavy (non-hydrogen) atoms. The van der Waals surface area contributed by atoms with Crippen molar-refractivity contribution >= 4 is 60.8 Å². The fourth-order valence-corrected chi connectivity index (χ4v) is 4.86. The summed E-state index contributed by atoms with van der Waals surface area (Å²) in [5.41, 5.74) is 2.78. The number of amides is 2. The van der Waals surface area contributed by atoms with Crippen LogP contribution in [0.5, 0.6) is 5.75 Å². The van der Waals surface area contributed by atoms with Crippen molar-refractivity contribution in [1.82, 2.24) is 4.90 Å². The van der Waals surface area contributed by atoms with Gasteiger partial charge in [0.2, 0.25) is 0 Å². The molecular formula is C24H17Br2NO3S. The van der Waals surface area contributed by atoms with Crippen molar-refractivity contribution in [2.24, 2.45) is 0 Å². The summed E-state index contributed by atoms with van der Waals surface area (Å²) in [6.07, 6.45) is 1.73. The van der Waals surface area contributed by atoms with Gasteiger partial charge in [-0.25, -0.2) is 0 Å². The van der Waals surface area contributed by atoms with Crippen LogP contribution in [-0.2, 0) is 17.9 Å². The van der Waals surface area contributed by atoms with Gasteiger partial charge in [-0.3, -0.25) is 14.5 Å². The zero-order valence-corrected chi connectivity index (χ0v) is 20.2. The Bertz CT molecular complexity index is 1160. The summed E-state index contributed by atoms with van der Waals surface area (Å²) in [5.74, 6) is 0.430. The van der Waals surface area contributed by atoms with Gasteiger partial charge in [0, 0.05) is 4.47 Å². The molecule has 1 aliphatic heterocycles. The lowest BCUT2D eigenvalue weighted by Crippen LogP contribution is -2.27. The highest BCUT2D eigenvalue weighted by molar-refractivity contribution is 9.10. The maximum Gasteiger partial charge on any atom is 0.293 e. The standard InChI is InChI=1S/C24H17Br2NO3S/c25-19-8-4-7-18(11-19)14-27-23(28)22(31-24(27)29)13-17-9-10-21(20(26)12-17)30-15-16-5-2-1-3-6-16/h1-13H,14-15H2/b22-13+. The van der Waals surface area contributed by atoms with Crippen LogP contribution in [-0.4, -0.2) is 16.0 Å². The molecule has 1 aliphatic rings. The Balaban J connectivity index is 1.46. The second-order valence-electron chi connectivity index (χ2n) is 6.86. The van der Waals surface area contributed by atoms with Gasteiger partial charge in [-0.05, 0) is 74.7 Å². The number of hydrogen-bond donors (Lipinski definition) is 0. The average Bonchev–Trinajstić information content (AvgIpc) is 3.01. The molecule has 156 valence electrons. The summed E-state index contributed by atoms with van der Waals surface area (Å²) in [5, 5.41) is -0.266. The van der Waals surface area contributed by atoms with E-state index in [9.17, 15) is 9.59 Å². The average molecular weight is 559 g/mol. The normalized spacial score (nSPS) is 15.0. The first-order valence-electron chi connectivity index (χ1n) is 9.46. The highest BCUT2D eigenvalue weighted by Crippen LogP contribution is 2.35. The van der Waals surface area contributed by atoms with Gasteiger partial charge in [0.1, 0.15) is 12.4 Å². The Morgan fingerprint density at radius 1 is 0.903 bits per heavy atom. The number of benzene rings is 3. The van der Waals surface area contributed by atoms with Crippen LogP contribution in [0.1, 0.15) is 16.7 Å². The molecule has 3 aromatic rings. The molecule has 2 amide bonds. The van der Waals surface area contributed by atoms with Crippen LogP contribution < -0.4 is 4.74 Å². The van der Waals surface area contributed by atoms with E-state index in [4.69, 9.17) is 4.74 Å². The molecular weight excluding hydrogens is 542 g/mol. The summed E-state index contributed by atoms with van der Waals surface area (Å²) >= 11 is 7.91. The fraction of sp³-hybridized carbons (Fsp3) is 0.0833. The molecule has 0 unspecified atom stereocenters. The number of carbonyl (C=O) groups is 2. The van der Waals surface area contributed by atoms with Crippen LogP contribution >= 0.6 is 43.6 Å². The Kier molecular flexibility index (Phi) is 6.95. The van der Waals surface area contributed by atoms with Crippen molar-refractivity contribution in [2.45, 2.75) is 13.2 Å². The molecule has 0 bridgehead atoms. The number of imide groups is 1. The summed E-state index contributed by atoms with van der Waals surface area (Å²) in [7, 11) is 0. The molecule has 0 aromatic heterocycles. The topological polar surface area (TPSA) is 46.6 Å². The fourth-order valence-electron chi connectivity index (χ4n) is 3.06. The molecule has 0 N–H and O–H groups in total. The van der Waals surface area contributed by atoms with E-state index in [0.29, 0.717) is 17.3 Å². The van der Waals surface area contributed by atoms with Crippen LogP contribution in [0.2, 0.25) is 0 Å². The molecule has 0 aliphatic carbocycles. The van der Waals surface area contributed by atoms with Gasteiger partial charge in [-0.1, -0.05) is 64.5 Å². The lowest BCUT2D eigenvalue weighted by molar-refractivity contribution is -0.123. The van der Waals surface area contributed by atoms with Crippen LogP contribution in [0.25, 0.3) is 6.08 Å². The van der Waals surface area contributed by atoms with E-state index in [2.05, 4.69) is 31.9 Å². The highest BCUT2D eigenvalue weighted by Gasteiger charge is 2.35. The van der Waals surface area contributed by atoms with Crippen LogP contribution in [0.4, 0.5) is 4.79 Å². The number of halogens is 2. The zero-order valence-electron chi connectivity index (χ0n) is 16.3. The van der Waals surface area contributed by atoms with E-state index in [1.165, 1.54) is 4.90 Å². The van der Waals surface area contributed by atoms with E-state index in [1.807, 2.05) is 72.8 Å². The quantitative estimate of drug-likeness (QED) is 0.305. The smallest absolute Gasteiger partial charge is 0.293 e. The van der Waals surface area contributed by atoms with Gasteiger partial charge in [0.05, 0.1) is 15.9 Å². The molecule has 1 heterocycles. The summed E-state index contributed by atoms with van der Waals surface area (Å²) in [4.78, 5) is 26.9. The van der Waals surface area contributed by atoms with Gasteiger partial charge in [-0.15, -0.1) is 0 Å². The molecule has 7 heteroatoms. The molecule has 1 saturated heterocycles. The van der Waals surface area contributed by atoms with Crippen molar-refractivity contribution in [3.05, 3.63) is 103 Å². The second-order valence-corrected chi connectivity index (χ2v) is 9.63. The lowest BCUT2D eigenvalue weighted by Gasteiger charge is -2.12. The first-order chi connectivity index (χ1) is 15.0. The van der Waals surface area contributed by atoms with E-state index < -0.39 is 0 Å². The maximum absolute atomic E-state index is 12.8. The molecule has 1 fully saturated rings. The number of nitrogens with zero attached hydrogens (tertiary/aromatic N) is 1. The third kappa shape index (κ3) is 5.47. The van der Waals surface area contributed by atoms with Crippen LogP contribution in [0.3, 0.4) is 0 Å². The van der Waals surface area contributed by atoms with Gasteiger partial charge in [0.15, 0.2) is 0 Å². The monoisotopic (exact) mass is 557 g/mol. The van der Waals surface area contributed by atoms with Crippen LogP contribution in [0.15, 0.2) is 86.6 Å². The minimum absolute atomic E-state index is 0.247.